The molecule has 2 amide bonds. The minimum absolute atomic E-state index is 0.295. The number of hydrazine groups is 1. The fraction of sp³-hybridized carbons (Fsp3) is 0.391. The summed E-state index contributed by atoms with van der Waals surface area (Å²) in [5.41, 5.74) is 4.46. The van der Waals surface area contributed by atoms with Crippen molar-refractivity contribution in [2.24, 2.45) is 0 Å². The first-order valence-corrected chi connectivity index (χ1v) is 10.5. The number of carbonyl (C=O) groups is 2. The highest BCUT2D eigenvalue weighted by Gasteiger charge is 2.34. The molecule has 0 aromatic heterocycles. The van der Waals surface area contributed by atoms with E-state index in [1.54, 1.807) is 12.1 Å². The maximum absolute atomic E-state index is 13.2. The molecule has 2 aromatic rings. The molecular formula is C23H26Cl2N2O3. The fourth-order valence-electron chi connectivity index (χ4n) is 3.54. The standard InChI is InChI=1S/C23H26Cl2N2O3/c1-13-17(7-8-19-18(13)12-23(5,6)30-19)20(28)26-27(22(2,3)4)21(29)14-9-15(24)11-16(25)10-14/h7-11H,12H2,1-6H3,(H,26,28). The molecule has 1 N–H and O–H groups in total. The first-order chi connectivity index (χ1) is 13.8. The molecule has 0 radical (unpaired) electrons. The van der Waals surface area contributed by atoms with Crippen LogP contribution >= 0.6 is 23.2 Å². The van der Waals surface area contributed by atoms with Crippen molar-refractivity contribution in [1.29, 1.82) is 0 Å². The topological polar surface area (TPSA) is 58.6 Å². The molecule has 5 nitrogen and oxygen atoms in total. The van der Waals surface area contributed by atoms with Crippen LogP contribution in [0, 0.1) is 6.92 Å². The summed E-state index contributed by atoms with van der Waals surface area (Å²) in [6.07, 6.45) is 0.720. The Labute approximate surface area is 187 Å². The second-order valence-corrected chi connectivity index (χ2v) is 10.0. The van der Waals surface area contributed by atoms with Crippen molar-refractivity contribution in [3.05, 3.63) is 62.6 Å². The highest BCUT2D eigenvalue weighted by molar-refractivity contribution is 6.35. The van der Waals surface area contributed by atoms with Crippen molar-refractivity contribution in [2.45, 2.75) is 59.1 Å². The lowest BCUT2D eigenvalue weighted by Crippen LogP contribution is -2.56. The number of nitrogens with one attached hydrogen (secondary N) is 1. The third-order valence-corrected chi connectivity index (χ3v) is 5.42. The summed E-state index contributed by atoms with van der Waals surface area (Å²) in [4.78, 5) is 26.3. The number of hydrogen-bond acceptors (Lipinski definition) is 3. The Morgan fingerprint density at radius 2 is 1.70 bits per heavy atom. The molecule has 0 aliphatic carbocycles. The summed E-state index contributed by atoms with van der Waals surface area (Å²) >= 11 is 12.1. The second kappa shape index (κ2) is 7.78. The minimum Gasteiger partial charge on any atom is -0.487 e. The Bertz CT molecular complexity index is 1010. The van der Waals surface area contributed by atoms with Gasteiger partial charge in [-0.3, -0.25) is 15.0 Å². The van der Waals surface area contributed by atoms with Gasteiger partial charge in [0.2, 0.25) is 0 Å². The maximum Gasteiger partial charge on any atom is 0.272 e. The number of benzene rings is 2. The number of carbonyl (C=O) groups excluding carboxylic acids is 2. The van der Waals surface area contributed by atoms with Crippen LogP contribution in [-0.4, -0.2) is 28.0 Å². The predicted octanol–water partition coefficient (Wildman–Crippen LogP) is 5.60. The maximum atomic E-state index is 13.2. The van der Waals surface area contributed by atoms with Crippen LogP contribution in [0.4, 0.5) is 0 Å². The van der Waals surface area contributed by atoms with Crippen LogP contribution in [0.5, 0.6) is 5.75 Å². The van der Waals surface area contributed by atoms with E-state index in [0.29, 0.717) is 21.2 Å². The lowest BCUT2D eigenvalue weighted by molar-refractivity contribution is 0.0358. The molecule has 3 rings (SSSR count). The van der Waals surface area contributed by atoms with E-state index in [9.17, 15) is 9.59 Å². The highest BCUT2D eigenvalue weighted by atomic mass is 35.5. The molecule has 0 spiro atoms. The fourth-order valence-corrected chi connectivity index (χ4v) is 4.07. The van der Waals surface area contributed by atoms with E-state index in [1.807, 2.05) is 47.6 Å². The first kappa shape index (κ1) is 22.4. The van der Waals surface area contributed by atoms with Gasteiger partial charge in [-0.05, 0) is 77.4 Å². The number of nitrogens with zero attached hydrogens (tertiary/aromatic N) is 1. The Morgan fingerprint density at radius 3 is 2.27 bits per heavy atom. The van der Waals surface area contributed by atoms with Crippen LogP contribution in [0.1, 0.15) is 66.5 Å². The van der Waals surface area contributed by atoms with Crippen LogP contribution in [0.2, 0.25) is 10.0 Å². The summed E-state index contributed by atoms with van der Waals surface area (Å²) in [6, 6.07) is 8.15. The lowest BCUT2D eigenvalue weighted by Gasteiger charge is -2.35. The Balaban J connectivity index is 1.92. The van der Waals surface area contributed by atoms with E-state index < -0.39 is 11.4 Å². The third-order valence-electron chi connectivity index (χ3n) is 4.99. The third kappa shape index (κ3) is 4.57. The molecule has 1 heterocycles. The molecule has 30 heavy (non-hydrogen) atoms. The van der Waals surface area contributed by atoms with Gasteiger partial charge in [0.25, 0.3) is 11.8 Å². The van der Waals surface area contributed by atoms with Gasteiger partial charge in [0.15, 0.2) is 0 Å². The number of amides is 2. The molecule has 160 valence electrons. The van der Waals surface area contributed by atoms with Crippen LogP contribution in [0.25, 0.3) is 0 Å². The molecule has 0 bridgehead atoms. The van der Waals surface area contributed by atoms with Crippen molar-refractivity contribution in [3.8, 4) is 5.75 Å². The summed E-state index contributed by atoms with van der Waals surface area (Å²) in [5.74, 6) is 0.0336. The largest absolute Gasteiger partial charge is 0.487 e. The average Bonchev–Trinajstić information content (AvgIpc) is 2.92. The van der Waals surface area contributed by atoms with E-state index in [2.05, 4.69) is 5.43 Å². The number of ether oxygens (including phenoxy) is 1. The normalized spacial score (nSPS) is 14.7. The van der Waals surface area contributed by atoms with E-state index in [1.165, 1.54) is 17.1 Å². The van der Waals surface area contributed by atoms with Gasteiger partial charge < -0.3 is 4.74 Å². The molecule has 7 heteroatoms. The van der Waals surface area contributed by atoms with Crippen LogP contribution in [0.15, 0.2) is 30.3 Å². The summed E-state index contributed by atoms with van der Waals surface area (Å²) in [7, 11) is 0. The van der Waals surface area contributed by atoms with Gasteiger partial charge in [0.1, 0.15) is 11.4 Å². The molecule has 0 saturated carbocycles. The van der Waals surface area contributed by atoms with Crippen molar-refractivity contribution in [3.63, 3.8) is 0 Å². The van der Waals surface area contributed by atoms with Gasteiger partial charge in [0.05, 0.1) is 5.54 Å². The van der Waals surface area contributed by atoms with Gasteiger partial charge in [0, 0.05) is 33.2 Å². The zero-order valence-corrected chi connectivity index (χ0v) is 19.5. The second-order valence-electron chi connectivity index (χ2n) is 9.16. The molecule has 0 unspecified atom stereocenters. The molecule has 0 atom stereocenters. The van der Waals surface area contributed by atoms with E-state index >= 15 is 0 Å². The SMILES string of the molecule is Cc1c(C(=O)NN(C(=O)c2cc(Cl)cc(Cl)c2)C(C)(C)C)ccc2c1CC(C)(C)O2. The van der Waals surface area contributed by atoms with Gasteiger partial charge in [-0.2, -0.15) is 0 Å². The summed E-state index contributed by atoms with van der Waals surface area (Å²) in [5, 5.41) is 2.01. The molecule has 0 fully saturated rings. The molecule has 2 aromatic carbocycles. The highest BCUT2D eigenvalue weighted by Crippen LogP contribution is 2.38. The van der Waals surface area contributed by atoms with Crippen molar-refractivity contribution in [1.82, 2.24) is 10.4 Å². The van der Waals surface area contributed by atoms with Crippen LogP contribution in [0.3, 0.4) is 0 Å². The average molecular weight is 449 g/mol. The van der Waals surface area contributed by atoms with Gasteiger partial charge in [-0.1, -0.05) is 23.2 Å². The Kier molecular flexibility index (Phi) is 5.82. The summed E-state index contributed by atoms with van der Waals surface area (Å²) < 4.78 is 5.94. The van der Waals surface area contributed by atoms with Crippen LogP contribution in [-0.2, 0) is 6.42 Å². The Hall–Kier alpha value is -2.24. The number of hydrogen-bond donors (Lipinski definition) is 1. The zero-order valence-electron chi connectivity index (χ0n) is 18.0. The number of rotatable bonds is 2. The van der Waals surface area contributed by atoms with E-state index in [0.717, 1.165) is 23.3 Å². The molecule has 0 saturated heterocycles. The van der Waals surface area contributed by atoms with E-state index in [-0.39, 0.29) is 11.5 Å². The van der Waals surface area contributed by atoms with Gasteiger partial charge >= 0.3 is 0 Å². The van der Waals surface area contributed by atoms with Crippen molar-refractivity contribution in [2.75, 3.05) is 0 Å². The lowest BCUT2D eigenvalue weighted by atomic mass is 9.95. The minimum atomic E-state index is -0.683. The predicted molar refractivity (Wildman–Crippen MR) is 119 cm³/mol. The van der Waals surface area contributed by atoms with Gasteiger partial charge in [-0.25, -0.2) is 5.01 Å². The Morgan fingerprint density at radius 1 is 1.10 bits per heavy atom. The quantitative estimate of drug-likeness (QED) is 0.608. The zero-order chi connectivity index (χ0) is 22.4. The first-order valence-electron chi connectivity index (χ1n) is 9.72. The number of halogens is 2. The van der Waals surface area contributed by atoms with E-state index in [4.69, 9.17) is 27.9 Å². The summed E-state index contributed by atoms with van der Waals surface area (Å²) in [6.45, 7) is 11.4. The van der Waals surface area contributed by atoms with Gasteiger partial charge in [-0.15, -0.1) is 0 Å². The van der Waals surface area contributed by atoms with Crippen molar-refractivity contribution < 1.29 is 14.3 Å². The van der Waals surface area contributed by atoms with Crippen LogP contribution < -0.4 is 10.2 Å². The number of fused-ring (bicyclic) bond motifs is 1. The smallest absolute Gasteiger partial charge is 0.272 e. The molecule has 1 aliphatic heterocycles. The molecule has 1 aliphatic rings. The monoisotopic (exact) mass is 448 g/mol. The molecular weight excluding hydrogens is 423 g/mol. The van der Waals surface area contributed by atoms with Crippen molar-refractivity contribution >= 4 is 35.0 Å².